The number of benzene rings is 1. The average molecular weight is 371 g/mol. The first-order chi connectivity index (χ1) is 12.8. The molecule has 0 aliphatic carbocycles. The van der Waals surface area contributed by atoms with Crippen LogP contribution in [0.3, 0.4) is 0 Å². The van der Waals surface area contributed by atoms with Gasteiger partial charge in [-0.2, -0.15) is 4.98 Å². The molecule has 0 atom stereocenters. The Balaban J connectivity index is 1.48. The molecule has 0 amide bonds. The number of anilines is 3. The highest BCUT2D eigenvalue weighted by Crippen LogP contribution is 2.24. The molecule has 26 heavy (non-hydrogen) atoms. The lowest BCUT2D eigenvalue weighted by molar-refractivity contribution is 0.900. The van der Waals surface area contributed by atoms with Crippen molar-refractivity contribution in [3.8, 4) is 0 Å². The third-order valence-corrected chi connectivity index (χ3v) is 4.10. The molecule has 3 rings (SSSR count). The van der Waals surface area contributed by atoms with Gasteiger partial charge in [-0.1, -0.05) is 18.5 Å². The highest BCUT2D eigenvalue weighted by Gasteiger charge is 2.02. The predicted octanol–water partition coefficient (Wildman–Crippen LogP) is 4.41. The Morgan fingerprint density at radius 1 is 0.923 bits per heavy atom. The van der Waals surface area contributed by atoms with Crippen molar-refractivity contribution in [3.63, 3.8) is 0 Å². The quantitative estimate of drug-likeness (QED) is 0.484. The van der Waals surface area contributed by atoms with E-state index in [9.17, 15) is 0 Å². The van der Waals surface area contributed by atoms with Crippen LogP contribution in [-0.2, 0) is 0 Å². The number of nitrogens with one attached hydrogen (secondary N) is 3. The van der Waals surface area contributed by atoms with Gasteiger partial charge < -0.3 is 16.0 Å². The molecule has 0 fully saturated rings. The zero-order chi connectivity index (χ0) is 18.2. The molecular formula is C19H23ClN6. The van der Waals surface area contributed by atoms with E-state index in [1.165, 1.54) is 0 Å². The number of halogens is 1. The maximum Gasteiger partial charge on any atom is 0.224 e. The maximum absolute atomic E-state index is 6.03. The predicted molar refractivity (Wildman–Crippen MR) is 109 cm³/mol. The number of aromatic nitrogens is 3. The molecule has 0 spiro atoms. The summed E-state index contributed by atoms with van der Waals surface area (Å²) in [6.45, 7) is 4.66. The summed E-state index contributed by atoms with van der Waals surface area (Å²) < 4.78 is 0. The Kier molecular flexibility index (Phi) is 6.44. The topological polar surface area (TPSA) is 74.8 Å². The standard InChI is InChI=1S/C19H23ClN6/c1-2-8-24-19-25-12-7-18(26-19)23-10-3-9-21-16-6-11-22-17-13-14(20)4-5-15(16)17/h4-7,11-13H,2-3,8-10H2,1H3,(H,21,22)(H2,23,24,25,26). The molecule has 0 unspecified atom stereocenters. The smallest absolute Gasteiger partial charge is 0.224 e. The zero-order valence-electron chi connectivity index (χ0n) is 14.8. The van der Waals surface area contributed by atoms with Crippen molar-refractivity contribution in [1.29, 1.82) is 0 Å². The minimum absolute atomic E-state index is 0.664. The van der Waals surface area contributed by atoms with Crippen molar-refractivity contribution in [2.75, 3.05) is 35.6 Å². The van der Waals surface area contributed by atoms with Gasteiger partial charge in [0.1, 0.15) is 5.82 Å². The lowest BCUT2D eigenvalue weighted by atomic mass is 10.2. The first-order valence-corrected chi connectivity index (χ1v) is 9.23. The molecule has 0 aliphatic rings. The third kappa shape index (κ3) is 4.95. The van der Waals surface area contributed by atoms with E-state index in [2.05, 4.69) is 37.8 Å². The van der Waals surface area contributed by atoms with Crippen LogP contribution in [0.25, 0.3) is 10.9 Å². The van der Waals surface area contributed by atoms with Gasteiger partial charge in [0, 0.05) is 48.1 Å². The van der Waals surface area contributed by atoms with Crippen LogP contribution >= 0.6 is 11.6 Å². The molecule has 6 nitrogen and oxygen atoms in total. The Morgan fingerprint density at radius 3 is 2.65 bits per heavy atom. The van der Waals surface area contributed by atoms with Crippen LogP contribution in [0.4, 0.5) is 17.5 Å². The number of hydrogen-bond acceptors (Lipinski definition) is 6. The highest BCUT2D eigenvalue weighted by atomic mass is 35.5. The van der Waals surface area contributed by atoms with Gasteiger partial charge in [-0.25, -0.2) is 4.98 Å². The van der Waals surface area contributed by atoms with Crippen molar-refractivity contribution >= 4 is 40.0 Å². The molecule has 0 bridgehead atoms. The summed E-state index contributed by atoms with van der Waals surface area (Å²) in [6, 6.07) is 9.63. The Morgan fingerprint density at radius 2 is 1.77 bits per heavy atom. The number of rotatable bonds is 9. The number of nitrogens with zero attached hydrogens (tertiary/aromatic N) is 3. The van der Waals surface area contributed by atoms with Crippen molar-refractivity contribution < 1.29 is 0 Å². The summed E-state index contributed by atoms with van der Waals surface area (Å²) >= 11 is 6.03. The van der Waals surface area contributed by atoms with Crippen molar-refractivity contribution in [3.05, 3.63) is 47.7 Å². The second-order valence-corrected chi connectivity index (χ2v) is 6.36. The Hall–Kier alpha value is -2.60. The van der Waals surface area contributed by atoms with Crippen LogP contribution in [0, 0.1) is 0 Å². The molecule has 7 heteroatoms. The molecular weight excluding hydrogens is 348 g/mol. The molecule has 2 heterocycles. The van der Waals surface area contributed by atoms with E-state index in [0.717, 1.165) is 54.9 Å². The number of fused-ring (bicyclic) bond motifs is 1. The summed E-state index contributed by atoms with van der Waals surface area (Å²) in [6.07, 6.45) is 5.56. The van der Waals surface area contributed by atoms with E-state index in [1.54, 1.807) is 12.4 Å². The highest BCUT2D eigenvalue weighted by molar-refractivity contribution is 6.31. The van der Waals surface area contributed by atoms with Gasteiger partial charge >= 0.3 is 0 Å². The SMILES string of the molecule is CCCNc1nccc(NCCCNc2ccnc3cc(Cl)ccc23)n1. The fourth-order valence-corrected chi connectivity index (χ4v) is 2.75. The normalized spacial score (nSPS) is 10.7. The Bertz CT molecular complexity index is 854. The molecule has 0 aliphatic heterocycles. The number of hydrogen-bond donors (Lipinski definition) is 3. The largest absolute Gasteiger partial charge is 0.384 e. The summed E-state index contributed by atoms with van der Waals surface area (Å²) in [5.41, 5.74) is 1.97. The number of pyridine rings is 1. The molecule has 3 N–H and O–H groups in total. The Labute approximate surface area is 158 Å². The van der Waals surface area contributed by atoms with Gasteiger partial charge in [0.2, 0.25) is 5.95 Å². The summed E-state index contributed by atoms with van der Waals surface area (Å²) in [5, 5.41) is 11.8. The third-order valence-electron chi connectivity index (χ3n) is 3.87. The van der Waals surface area contributed by atoms with Gasteiger partial charge in [0.15, 0.2) is 0 Å². The lowest BCUT2D eigenvalue weighted by Gasteiger charge is -2.11. The zero-order valence-corrected chi connectivity index (χ0v) is 15.6. The van der Waals surface area contributed by atoms with Crippen LogP contribution in [-0.4, -0.2) is 34.6 Å². The van der Waals surface area contributed by atoms with E-state index in [0.29, 0.717) is 11.0 Å². The summed E-state index contributed by atoms with van der Waals surface area (Å²) in [5.74, 6) is 1.50. The van der Waals surface area contributed by atoms with E-state index in [-0.39, 0.29) is 0 Å². The lowest BCUT2D eigenvalue weighted by Crippen LogP contribution is -2.11. The average Bonchev–Trinajstić information content (AvgIpc) is 2.66. The minimum atomic E-state index is 0.664. The molecule has 0 radical (unpaired) electrons. The van der Waals surface area contributed by atoms with Crippen molar-refractivity contribution in [1.82, 2.24) is 15.0 Å². The van der Waals surface area contributed by atoms with E-state index < -0.39 is 0 Å². The monoisotopic (exact) mass is 370 g/mol. The van der Waals surface area contributed by atoms with Crippen LogP contribution in [0.2, 0.25) is 5.02 Å². The fraction of sp³-hybridized carbons (Fsp3) is 0.316. The van der Waals surface area contributed by atoms with Gasteiger partial charge in [-0.15, -0.1) is 0 Å². The maximum atomic E-state index is 6.03. The summed E-state index contributed by atoms with van der Waals surface area (Å²) in [7, 11) is 0. The van der Waals surface area contributed by atoms with Gasteiger partial charge in [0.25, 0.3) is 0 Å². The van der Waals surface area contributed by atoms with Gasteiger partial charge in [-0.05, 0) is 43.2 Å². The second-order valence-electron chi connectivity index (χ2n) is 5.92. The van der Waals surface area contributed by atoms with E-state index >= 15 is 0 Å². The van der Waals surface area contributed by atoms with E-state index in [1.807, 2.05) is 30.3 Å². The van der Waals surface area contributed by atoms with Crippen LogP contribution in [0.1, 0.15) is 19.8 Å². The fourth-order valence-electron chi connectivity index (χ4n) is 2.58. The van der Waals surface area contributed by atoms with Crippen LogP contribution in [0.15, 0.2) is 42.7 Å². The first-order valence-electron chi connectivity index (χ1n) is 8.85. The van der Waals surface area contributed by atoms with Crippen molar-refractivity contribution in [2.24, 2.45) is 0 Å². The van der Waals surface area contributed by atoms with Gasteiger partial charge in [0.05, 0.1) is 5.52 Å². The molecule has 2 aromatic heterocycles. The first kappa shape index (κ1) is 18.2. The molecule has 0 saturated carbocycles. The molecule has 136 valence electrons. The van der Waals surface area contributed by atoms with E-state index in [4.69, 9.17) is 11.6 Å². The molecule has 3 aromatic rings. The minimum Gasteiger partial charge on any atom is -0.384 e. The molecule has 0 saturated heterocycles. The van der Waals surface area contributed by atoms with Crippen molar-refractivity contribution in [2.45, 2.75) is 19.8 Å². The van der Waals surface area contributed by atoms with Crippen LogP contribution in [0.5, 0.6) is 0 Å². The second kappa shape index (κ2) is 9.20. The van der Waals surface area contributed by atoms with Crippen LogP contribution < -0.4 is 16.0 Å². The molecule has 1 aromatic carbocycles. The summed E-state index contributed by atoms with van der Waals surface area (Å²) in [4.78, 5) is 13.0. The van der Waals surface area contributed by atoms with Gasteiger partial charge in [-0.3, -0.25) is 4.98 Å².